The fourth-order valence-electron chi connectivity index (χ4n) is 3.20. The molecule has 162 valence electrons. The van der Waals surface area contributed by atoms with E-state index in [1.54, 1.807) is 20.2 Å². The van der Waals surface area contributed by atoms with Crippen LogP contribution in [0.15, 0.2) is 35.3 Å². The van der Waals surface area contributed by atoms with E-state index in [1.807, 2.05) is 24.6 Å². The van der Waals surface area contributed by atoms with E-state index in [-0.39, 0.29) is 5.41 Å². The molecule has 0 aliphatic rings. The third-order valence-electron chi connectivity index (χ3n) is 4.61. The quantitative estimate of drug-likeness (QED) is 0.278. The number of carbonyl (C=O) groups excluding carboxylic acids is 1. The Morgan fingerprint density at radius 1 is 1.23 bits per heavy atom. The molecule has 0 aliphatic heterocycles. The van der Waals surface area contributed by atoms with E-state index in [1.165, 1.54) is 12.5 Å². The summed E-state index contributed by atoms with van der Waals surface area (Å²) in [4.78, 5) is 15.7. The molecule has 0 saturated heterocycles. The summed E-state index contributed by atoms with van der Waals surface area (Å²) in [7, 11) is 1.72. The minimum absolute atomic E-state index is 0.0579. The zero-order valence-electron chi connectivity index (χ0n) is 19.3. The van der Waals surface area contributed by atoms with E-state index in [4.69, 9.17) is 9.47 Å². The van der Waals surface area contributed by atoms with Gasteiger partial charge in [-0.25, -0.2) is 0 Å². The number of carbonyl (C=O) groups is 1. The van der Waals surface area contributed by atoms with Gasteiger partial charge in [0.1, 0.15) is 5.69 Å². The van der Waals surface area contributed by atoms with Crippen molar-refractivity contribution in [3.63, 3.8) is 0 Å². The molecule has 0 amide bonds. The van der Waals surface area contributed by atoms with Crippen LogP contribution in [0.1, 0.15) is 64.1 Å². The average molecular weight is 412 g/mol. The van der Waals surface area contributed by atoms with Crippen molar-refractivity contribution in [1.82, 2.24) is 9.78 Å². The summed E-state index contributed by atoms with van der Waals surface area (Å²) < 4.78 is 13.3. The maximum atomic E-state index is 11.4. The first-order valence-electron chi connectivity index (χ1n) is 10.2. The Balaban J connectivity index is 2.68. The first kappa shape index (κ1) is 23.4. The predicted octanol–water partition coefficient (Wildman–Crippen LogP) is 5.00. The molecule has 1 atom stereocenters. The van der Waals surface area contributed by atoms with Crippen molar-refractivity contribution >= 4 is 23.5 Å². The van der Waals surface area contributed by atoms with Crippen LogP contribution in [0, 0.1) is 6.92 Å². The number of benzene rings is 1. The molecule has 0 saturated carbocycles. The predicted molar refractivity (Wildman–Crippen MR) is 121 cm³/mol. The SMILES string of the molecule is CCn1nc(C)cc1/C(OC(C)OC(C)=O)=C(\C=N\C)c1ccc(C(C)(C)C)cc1. The molecule has 1 aromatic carbocycles. The molecule has 6 nitrogen and oxygen atoms in total. The van der Waals surface area contributed by atoms with E-state index < -0.39 is 12.3 Å². The molecule has 0 bridgehead atoms. The summed E-state index contributed by atoms with van der Waals surface area (Å²) >= 11 is 0. The van der Waals surface area contributed by atoms with Crippen molar-refractivity contribution in [2.45, 2.75) is 66.7 Å². The van der Waals surface area contributed by atoms with Crippen molar-refractivity contribution in [2.24, 2.45) is 4.99 Å². The third kappa shape index (κ3) is 5.81. The topological polar surface area (TPSA) is 65.7 Å². The molecule has 2 rings (SSSR count). The number of esters is 1. The molecule has 0 N–H and O–H groups in total. The maximum absolute atomic E-state index is 11.4. The smallest absolute Gasteiger partial charge is 0.305 e. The molecule has 0 fully saturated rings. The van der Waals surface area contributed by atoms with Crippen LogP contribution in [0.25, 0.3) is 11.3 Å². The summed E-state index contributed by atoms with van der Waals surface area (Å²) in [6, 6.07) is 10.3. The number of aromatic nitrogens is 2. The van der Waals surface area contributed by atoms with E-state index in [0.717, 1.165) is 22.5 Å². The molecule has 1 aromatic heterocycles. The van der Waals surface area contributed by atoms with Crippen LogP contribution in [0.2, 0.25) is 0 Å². The van der Waals surface area contributed by atoms with Gasteiger partial charge in [-0.2, -0.15) is 5.10 Å². The Labute approximate surface area is 179 Å². The van der Waals surface area contributed by atoms with Gasteiger partial charge in [-0.3, -0.25) is 14.5 Å². The number of hydrogen-bond donors (Lipinski definition) is 0. The van der Waals surface area contributed by atoms with Crippen molar-refractivity contribution in [3.8, 4) is 0 Å². The molecule has 0 spiro atoms. The van der Waals surface area contributed by atoms with E-state index in [0.29, 0.717) is 12.3 Å². The number of hydrogen-bond acceptors (Lipinski definition) is 5. The third-order valence-corrected chi connectivity index (χ3v) is 4.61. The van der Waals surface area contributed by atoms with Gasteiger partial charge in [0.2, 0.25) is 6.29 Å². The molecular weight excluding hydrogens is 378 g/mol. The highest BCUT2D eigenvalue weighted by molar-refractivity contribution is 6.18. The zero-order chi connectivity index (χ0) is 22.5. The first-order valence-corrected chi connectivity index (χ1v) is 10.2. The van der Waals surface area contributed by atoms with Crippen LogP contribution in [0.5, 0.6) is 0 Å². The standard InChI is InChI=1S/C24H33N3O3/c1-9-27-22(14-16(2)26-27)23(30-18(4)29-17(3)28)21(15-25-8)19-10-12-20(13-11-19)24(5,6)7/h10-15,18H,9H2,1-8H3/b23-21-,25-15+. The number of nitrogens with zero attached hydrogens (tertiary/aromatic N) is 3. The second-order valence-corrected chi connectivity index (χ2v) is 8.24. The lowest BCUT2D eigenvalue weighted by Crippen LogP contribution is -2.18. The van der Waals surface area contributed by atoms with E-state index in [2.05, 4.69) is 55.1 Å². The van der Waals surface area contributed by atoms with Gasteiger partial charge in [0.05, 0.1) is 5.69 Å². The zero-order valence-corrected chi connectivity index (χ0v) is 19.3. The largest absolute Gasteiger partial charge is 0.452 e. The van der Waals surface area contributed by atoms with Crippen LogP contribution in [-0.4, -0.2) is 35.3 Å². The number of allylic oxidation sites excluding steroid dienone is 1. The van der Waals surface area contributed by atoms with Gasteiger partial charge in [-0.15, -0.1) is 0 Å². The fourth-order valence-corrected chi connectivity index (χ4v) is 3.20. The van der Waals surface area contributed by atoms with Crippen molar-refractivity contribution in [1.29, 1.82) is 0 Å². The molecule has 1 unspecified atom stereocenters. The Morgan fingerprint density at radius 2 is 1.87 bits per heavy atom. The first-order chi connectivity index (χ1) is 14.1. The van der Waals surface area contributed by atoms with Gasteiger partial charge in [-0.1, -0.05) is 45.0 Å². The van der Waals surface area contributed by atoms with E-state index >= 15 is 0 Å². The summed E-state index contributed by atoms with van der Waals surface area (Å²) in [6.45, 7) is 14.3. The van der Waals surface area contributed by atoms with Crippen molar-refractivity contribution in [2.75, 3.05) is 7.05 Å². The molecule has 2 aromatic rings. The molecular formula is C24H33N3O3. The number of aliphatic imine (C=N–C) groups is 1. The number of rotatable bonds is 7. The fraction of sp³-hybridized carbons (Fsp3) is 0.458. The summed E-state index contributed by atoms with van der Waals surface area (Å²) in [5, 5.41) is 4.55. The van der Waals surface area contributed by atoms with Crippen LogP contribution in [0.4, 0.5) is 0 Å². The van der Waals surface area contributed by atoms with E-state index in [9.17, 15) is 4.79 Å². The Hall–Kier alpha value is -2.89. The van der Waals surface area contributed by atoms with Crippen LogP contribution >= 0.6 is 0 Å². The van der Waals surface area contributed by atoms with Gasteiger partial charge in [0.15, 0.2) is 5.76 Å². The maximum Gasteiger partial charge on any atom is 0.305 e. The lowest BCUT2D eigenvalue weighted by molar-refractivity contribution is -0.161. The molecule has 0 radical (unpaired) electrons. The Morgan fingerprint density at radius 3 is 2.37 bits per heavy atom. The highest BCUT2D eigenvalue weighted by Crippen LogP contribution is 2.30. The molecule has 0 aliphatic carbocycles. The van der Waals surface area contributed by atoms with Gasteiger partial charge in [-0.05, 0) is 36.5 Å². The molecule has 30 heavy (non-hydrogen) atoms. The average Bonchev–Trinajstić information content (AvgIpc) is 3.04. The normalized spacial score (nSPS) is 13.9. The lowest BCUT2D eigenvalue weighted by atomic mass is 9.86. The van der Waals surface area contributed by atoms with Crippen molar-refractivity contribution < 1.29 is 14.3 Å². The molecule has 1 heterocycles. The minimum atomic E-state index is -0.757. The summed E-state index contributed by atoms with van der Waals surface area (Å²) in [6.07, 6.45) is 1.01. The monoisotopic (exact) mass is 411 g/mol. The Kier molecular flexibility index (Phi) is 7.59. The number of ether oxygens (including phenoxy) is 2. The van der Waals surface area contributed by atoms with Crippen LogP contribution in [-0.2, 0) is 26.2 Å². The number of aryl methyl sites for hydroxylation is 2. The second kappa shape index (κ2) is 9.74. The van der Waals surface area contributed by atoms with Gasteiger partial charge < -0.3 is 9.47 Å². The highest BCUT2D eigenvalue weighted by atomic mass is 16.7. The minimum Gasteiger partial charge on any atom is -0.452 e. The molecule has 6 heteroatoms. The lowest BCUT2D eigenvalue weighted by Gasteiger charge is -2.21. The van der Waals surface area contributed by atoms with Gasteiger partial charge >= 0.3 is 5.97 Å². The Bertz CT molecular complexity index is 932. The van der Waals surface area contributed by atoms with Gasteiger partial charge in [0, 0.05) is 39.2 Å². The van der Waals surface area contributed by atoms with Crippen LogP contribution in [0.3, 0.4) is 0 Å². The highest BCUT2D eigenvalue weighted by Gasteiger charge is 2.21. The summed E-state index contributed by atoms with van der Waals surface area (Å²) in [5.74, 6) is 0.169. The van der Waals surface area contributed by atoms with Crippen molar-refractivity contribution in [3.05, 3.63) is 52.8 Å². The second-order valence-electron chi connectivity index (χ2n) is 8.24. The summed E-state index contributed by atoms with van der Waals surface area (Å²) in [5.41, 5.74) is 4.74. The van der Waals surface area contributed by atoms with Gasteiger partial charge in [0.25, 0.3) is 0 Å². The van der Waals surface area contributed by atoms with Crippen LogP contribution < -0.4 is 0 Å².